The zero-order chi connectivity index (χ0) is 22.3. The molecule has 166 valence electrons. The van der Waals surface area contributed by atoms with Crippen LogP contribution in [0.15, 0.2) is 53.4 Å². The first-order chi connectivity index (χ1) is 14.9. The molecule has 8 heteroatoms. The Bertz CT molecular complexity index is 1030. The second kappa shape index (κ2) is 10.5. The van der Waals surface area contributed by atoms with Crippen molar-refractivity contribution in [1.82, 2.24) is 4.31 Å². The summed E-state index contributed by atoms with van der Waals surface area (Å²) < 4.78 is 37.9. The Morgan fingerprint density at radius 3 is 2.42 bits per heavy atom. The minimum absolute atomic E-state index is 0.201. The maximum Gasteiger partial charge on any atom is 0.262 e. The van der Waals surface area contributed by atoms with Crippen LogP contribution in [0.2, 0.25) is 0 Å². The van der Waals surface area contributed by atoms with E-state index in [1.54, 1.807) is 25.3 Å². The molecule has 0 spiro atoms. The molecule has 1 amide bonds. The van der Waals surface area contributed by atoms with Crippen molar-refractivity contribution >= 4 is 27.7 Å². The SMILES string of the molecule is CC=Cc1ccc(OCC(=O)Nc2ccc(S(=O)(=O)N3CCCCC3)cc2)c(OC)c1. The van der Waals surface area contributed by atoms with Gasteiger partial charge in [-0.2, -0.15) is 4.31 Å². The van der Waals surface area contributed by atoms with Crippen LogP contribution in [0.5, 0.6) is 11.5 Å². The summed E-state index contributed by atoms with van der Waals surface area (Å²) in [4.78, 5) is 12.5. The highest BCUT2D eigenvalue weighted by Gasteiger charge is 2.25. The molecule has 2 aromatic rings. The summed E-state index contributed by atoms with van der Waals surface area (Å²) in [5.41, 5.74) is 1.47. The van der Waals surface area contributed by atoms with E-state index in [1.165, 1.54) is 16.4 Å². The largest absolute Gasteiger partial charge is 0.493 e. The van der Waals surface area contributed by atoms with E-state index in [2.05, 4.69) is 5.32 Å². The lowest BCUT2D eigenvalue weighted by Crippen LogP contribution is -2.35. The van der Waals surface area contributed by atoms with E-state index in [9.17, 15) is 13.2 Å². The van der Waals surface area contributed by atoms with Crippen LogP contribution in [0.3, 0.4) is 0 Å². The minimum atomic E-state index is -3.49. The summed E-state index contributed by atoms with van der Waals surface area (Å²) in [5, 5.41) is 2.72. The van der Waals surface area contributed by atoms with Crippen LogP contribution in [-0.4, -0.2) is 45.4 Å². The number of amides is 1. The van der Waals surface area contributed by atoms with E-state index in [4.69, 9.17) is 9.47 Å². The second-order valence-corrected chi connectivity index (χ2v) is 9.17. The molecule has 1 N–H and O–H groups in total. The van der Waals surface area contributed by atoms with Gasteiger partial charge in [0.2, 0.25) is 10.0 Å². The minimum Gasteiger partial charge on any atom is -0.493 e. The number of methoxy groups -OCH3 is 1. The molecule has 0 saturated carbocycles. The van der Waals surface area contributed by atoms with E-state index >= 15 is 0 Å². The fraction of sp³-hybridized carbons (Fsp3) is 0.348. The number of allylic oxidation sites excluding steroid dienone is 1. The van der Waals surface area contributed by atoms with Crippen molar-refractivity contribution < 1.29 is 22.7 Å². The summed E-state index contributed by atoms with van der Waals surface area (Å²) in [6.45, 7) is 2.83. The van der Waals surface area contributed by atoms with E-state index in [0.29, 0.717) is 30.3 Å². The molecule has 1 fully saturated rings. The van der Waals surface area contributed by atoms with Gasteiger partial charge in [0.25, 0.3) is 5.91 Å². The molecule has 3 rings (SSSR count). The molecule has 0 bridgehead atoms. The van der Waals surface area contributed by atoms with Crippen LogP contribution in [-0.2, 0) is 14.8 Å². The Kier molecular flexibility index (Phi) is 7.70. The summed E-state index contributed by atoms with van der Waals surface area (Å²) in [7, 11) is -1.95. The van der Waals surface area contributed by atoms with Gasteiger partial charge < -0.3 is 14.8 Å². The fourth-order valence-corrected chi connectivity index (χ4v) is 4.92. The van der Waals surface area contributed by atoms with Crippen molar-refractivity contribution in [3.05, 3.63) is 54.1 Å². The van der Waals surface area contributed by atoms with E-state index in [0.717, 1.165) is 24.8 Å². The molecule has 0 atom stereocenters. The normalized spacial score (nSPS) is 15.0. The average Bonchev–Trinajstić information content (AvgIpc) is 2.79. The van der Waals surface area contributed by atoms with Crippen molar-refractivity contribution in [1.29, 1.82) is 0 Å². The number of piperidine rings is 1. The molecule has 1 aliphatic rings. The Morgan fingerprint density at radius 2 is 1.77 bits per heavy atom. The fourth-order valence-electron chi connectivity index (χ4n) is 3.40. The first-order valence-corrected chi connectivity index (χ1v) is 11.7. The summed E-state index contributed by atoms with van der Waals surface area (Å²) in [6, 6.07) is 11.7. The predicted octanol–water partition coefficient (Wildman–Crippen LogP) is 3.92. The van der Waals surface area contributed by atoms with Gasteiger partial charge in [-0.3, -0.25) is 4.79 Å². The quantitative estimate of drug-likeness (QED) is 0.667. The standard InChI is InChI=1S/C23H28N2O5S/c1-3-7-18-8-13-21(22(16-18)29-2)30-17-23(26)24-19-9-11-20(12-10-19)31(27,28)25-14-5-4-6-15-25/h3,7-13,16H,4-6,14-15,17H2,1-2H3,(H,24,26). The Morgan fingerprint density at radius 1 is 1.06 bits per heavy atom. The lowest BCUT2D eigenvalue weighted by molar-refractivity contribution is -0.118. The van der Waals surface area contributed by atoms with Gasteiger partial charge in [0, 0.05) is 18.8 Å². The van der Waals surface area contributed by atoms with Crippen molar-refractivity contribution in [2.75, 3.05) is 32.1 Å². The van der Waals surface area contributed by atoms with Gasteiger partial charge in [-0.15, -0.1) is 0 Å². The number of sulfonamides is 1. The van der Waals surface area contributed by atoms with Gasteiger partial charge in [-0.25, -0.2) is 8.42 Å². The van der Waals surface area contributed by atoms with Crippen molar-refractivity contribution in [2.24, 2.45) is 0 Å². The molecule has 1 aliphatic heterocycles. The first kappa shape index (κ1) is 22.8. The van der Waals surface area contributed by atoms with Gasteiger partial charge in [0.15, 0.2) is 18.1 Å². The number of hydrogen-bond acceptors (Lipinski definition) is 5. The first-order valence-electron chi connectivity index (χ1n) is 10.3. The molecular formula is C23H28N2O5S. The smallest absolute Gasteiger partial charge is 0.262 e. The van der Waals surface area contributed by atoms with Crippen molar-refractivity contribution in [2.45, 2.75) is 31.1 Å². The third-order valence-electron chi connectivity index (χ3n) is 5.00. The maximum atomic E-state index is 12.7. The molecule has 1 saturated heterocycles. The summed E-state index contributed by atoms with van der Waals surface area (Å²) in [6.07, 6.45) is 6.69. The van der Waals surface area contributed by atoms with Crippen molar-refractivity contribution in [3.63, 3.8) is 0 Å². The monoisotopic (exact) mass is 444 g/mol. The maximum absolute atomic E-state index is 12.7. The number of ether oxygens (including phenoxy) is 2. The van der Waals surface area contributed by atoms with Crippen LogP contribution in [0.25, 0.3) is 6.08 Å². The number of nitrogens with zero attached hydrogens (tertiary/aromatic N) is 1. The Labute approximate surface area is 183 Å². The number of rotatable bonds is 8. The third-order valence-corrected chi connectivity index (χ3v) is 6.91. The molecule has 0 unspecified atom stereocenters. The number of hydrogen-bond donors (Lipinski definition) is 1. The average molecular weight is 445 g/mol. The van der Waals surface area contributed by atoms with Gasteiger partial charge in [0.1, 0.15) is 0 Å². The van der Waals surface area contributed by atoms with E-state index in [-0.39, 0.29) is 17.4 Å². The zero-order valence-corrected chi connectivity index (χ0v) is 18.7. The predicted molar refractivity (Wildman–Crippen MR) is 121 cm³/mol. The number of carbonyl (C=O) groups excluding carboxylic acids is 1. The zero-order valence-electron chi connectivity index (χ0n) is 17.8. The van der Waals surface area contributed by atoms with Gasteiger partial charge in [0.05, 0.1) is 12.0 Å². The summed E-state index contributed by atoms with van der Waals surface area (Å²) in [5.74, 6) is 0.649. The molecule has 1 heterocycles. The van der Waals surface area contributed by atoms with E-state index < -0.39 is 10.0 Å². The molecule has 0 aliphatic carbocycles. The van der Waals surface area contributed by atoms with E-state index in [1.807, 2.05) is 31.2 Å². The van der Waals surface area contributed by atoms with Crippen LogP contribution >= 0.6 is 0 Å². The summed E-state index contributed by atoms with van der Waals surface area (Å²) >= 11 is 0. The van der Waals surface area contributed by atoms with Crippen molar-refractivity contribution in [3.8, 4) is 11.5 Å². The number of anilines is 1. The molecule has 7 nitrogen and oxygen atoms in total. The van der Waals surface area contributed by atoms with Crippen LogP contribution in [0, 0.1) is 0 Å². The second-order valence-electron chi connectivity index (χ2n) is 7.24. The van der Waals surface area contributed by atoms with Gasteiger partial charge >= 0.3 is 0 Å². The molecule has 2 aromatic carbocycles. The molecule has 0 radical (unpaired) electrons. The molecule has 31 heavy (non-hydrogen) atoms. The molecular weight excluding hydrogens is 416 g/mol. The highest BCUT2D eigenvalue weighted by Crippen LogP contribution is 2.28. The third kappa shape index (κ3) is 5.86. The highest BCUT2D eigenvalue weighted by molar-refractivity contribution is 7.89. The lowest BCUT2D eigenvalue weighted by atomic mass is 10.2. The van der Waals surface area contributed by atoms with Gasteiger partial charge in [-0.1, -0.05) is 24.6 Å². The topological polar surface area (TPSA) is 84.9 Å². The van der Waals surface area contributed by atoms with Crippen LogP contribution in [0.1, 0.15) is 31.7 Å². The number of carbonyl (C=O) groups is 1. The highest BCUT2D eigenvalue weighted by atomic mass is 32.2. The Hall–Kier alpha value is -2.84. The van der Waals surface area contributed by atoms with Crippen LogP contribution in [0.4, 0.5) is 5.69 Å². The van der Waals surface area contributed by atoms with Crippen LogP contribution < -0.4 is 14.8 Å². The molecule has 0 aromatic heterocycles. The Balaban J connectivity index is 1.59. The number of nitrogens with one attached hydrogen (secondary N) is 1. The number of benzene rings is 2. The van der Waals surface area contributed by atoms with Gasteiger partial charge in [-0.05, 0) is 61.7 Å². The lowest BCUT2D eigenvalue weighted by Gasteiger charge is -2.25.